The summed E-state index contributed by atoms with van der Waals surface area (Å²) >= 11 is 0. The molecule has 13 heavy (non-hydrogen) atoms. The molecule has 0 amide bonds. The summed E-state index contributed by atoms with van der Waals surface area (Å²) in [5.74, 6) is 0. The van der Waals surface area contributed by atoms with E-state index in [-0.39, 0.29) is 0 Å². The molecule has 0 saturated heterocycles. The maximum atomic E-state index is 6.07. The highest BCUT2D eigenvalue weighted by molar-refractivity contribution is 6.77. The van der Waals surface area contributed by atoms with Gasteiger partial charge in [0.1, 0.15) is 0 Å². The Bertz CT molecular complexity index is 140. The van der Waals surface area contributed by atoms with Gasteiger partial charge in [-0.2, -0.15) is 0 Å². The highest BCUT2D eigenvalue weighted by atomic mass is 28.4. The molecule has 3 heteroatoms. The van der Waals surface area contributed by atoms with Crippen molar-refractivity contribution < 1.29 is 4.12 Å². The third-order valence-electron chi connectivity index (χ3n) is 1.82. The fourth-order valence-corrected chi connectivity index (χ4v) is 7.55. The molecular weight excluding hydrogens is 192 g/mol. The normalized spacial score (nSPS) is 14.2. The standard InChI is InChI=1S/C10H24OSi2/c1-6-7-8-9-10-12(2)11-13(3,4)5/h6,12H,1,7-10H2,2-5H3. The Kier molecular flexibility index (Phi) is 6.63. The quantitative estimate of drug-likeness (QED) is 0.359. The van der Waals surface area contributed by atoms with Crippen molar-refractivity contribution in [3.8, 4) is 0 Å². The predicted molar refractivity (Wildman–Crippen MR) is 66.3 cm³/mol. The van der Waals surface area contributed by atoms with E-state index in [2.05, 4.69) is 32.8 Å². The summed E-state index contributed by atoms with van der Waals surface area (Å²) in [7, 11) is -2.09. The van der Waals surface area contributed by atoms with Crippen LogP contribution in [0.15, 0.2) is 12.7 Å². The van der Waals surface area contributed by atoms with Crippen molar-refractivity contribution in [1.29, 1.82) is 0 Å². The van der Waals surface area contributed by atoms with Gasteiger partial charge in [-0.1, -0.05) is 18.9 Å². The highest BCUT2D eigenvalue weighted by Gasteiger charge is 2.17. The van der Waals surface area contributed by atoms with Gasteiger partial charge in [-0.25, -0.2) is 0 Å². The molecular formula is C10H24OSi2. The first-order valence-electron chi connectivity index (χ1n) is 5.24. The number of unbranched alkanes of at least 4 members (excludes halogenated alkanes) is 2. The van der Waals surface area contributed by atoms with Gasteiger partial charge in [0.2, 0.25) is 0 Å². The van der Waals surface area contributed by atoms with Crippen molar-refractivity contribution in [3.05, 3.63) is 12.7 Å². The fourth-order valence-electron chi connectivity index (χ4n) is 1.38. The summed E-state index contributed by atoms with van der Waals surface area (Å²) in [5.41, 5.74) is 0. The lowest BCUT2D eigenvalue weighted by atomic mass is 10.2. The maximum absolute atomic E-state index is 6.07. The predicted octanol–water partition coefficient (Wildman–Crippen LogP) is 3.55. The van der Waals surface area contributed by atoms with Gasteiger partial charge >= 0.3 is 0 Å². The van der Waals surface area contributed by atoms with Crippen LogP contribution in [0.3, 0.4) is 0 Å². The van der Waals surface area contributed by atoms with E-state index in [0.29, 0.717) is 0 Å². The van der Waals surface area contributed by atoms with Gasteiger partial charge in [0.25, 0.3) is 0 Å². The minimum atomic E-state index is -1.25. The minimum Gasteiger partial charge on any atom is -0.458 e. The second kappa shape index (κ2) is 6.57. The molecule has 1 atom stereocenters. The lowest BCUT2D eigenvalue weighted by molar-refractivity contribution is 0.567. The highest BCUT2D eigenvalue weighted by Crippen LogP contribution is 2.11. The molecule has 0 aromatic carbocycles. The van der Waals surface area contributed by atoms with Crippen molar-refractivity contribution in [2.24, 2.45) is 0 Å². The van der Waals surface area contributed by atoms with E-state index in [4.69, 9.17) is 4.12 Å². The summed E-state index contributed by atoms with van der Waals surface area (Å²) in [4.78, 5) is 0. The molecule has 0 bridgehead atoms. The van der Waals surface area contributed by atoms with Crippen LogP contribution in [0.25, 0.3) is 0 Å². The SMILES string of the molecule is C=CCCCC[SiH](C)O[Si](C)(C)C. The average molecular weight is 216 g/mol. The van der Waals surface area contributed by atoms with Crippen LogP contribution in [-0.4, -0.2) is 17.4 Å². The first kappa shape index (κ1) is 13.1. The van der Waals surface area contributed by atoms with E-state index >= 15 is 0 Å². The van der Waals surface area contributed by atoms with Crippen molar-refractivity contribution in [2.45, 2.75) is 51.5 Å². The van der Waals surface area contributed by atoms with E-state index < -0.39 is 17.4 Å². The van der Waals surface area contributed by atoms with Crippen molar-refractivity contribution >= 4 is 17.4 Å². The number of allylic oxidation sites excluding steroid dienone is 1. The molecule has 1 unspecified atom stereocenters. The Labute approximate surface area is 86.1 Å². The number of hydrogen-bond acceptors (Lipinski definition) is 1. The molecule has 0 rings (SSSR count). The largest absolute Gasteiger partial charge is 0.458 e. The van der Waals surface area contributed by atoms with Gasteiger partial charge in [0.05, 0.1) is 0 Å². The maximum Gasteiger partial charge on any atom is 0.170 e. The van der Waals surface area contributed by atoms with Gasteiger partial charge in [0.15, 0.2) is 17.4 Å². The van der Waals surface area contributed by atoms with Crippen LogP contribution in [0, 0.1) is 0 Å². The summed E-state index contributed by atoms with van der Waals surface area (Å²) in [6.45, 7) is 12.9. The minimum absolute atomic E-state index is 0.842. The summed E-state index contributed by atoms with van der Waals surface area (Å²) in [5, 5.41) is 0. The third kappa shape index (κ3) is 10.1. The zero-order valence-corrected chi connectivity index (χ0v) is 11.8. The second-order valence-electron chi connectivity index (χ2n) is 4.61. The second-order valence-corrected chi connectivity index (χ2v) is 12.0. The van der Waals surface area contributed by atoms with E-state index in [9.17, 15) is 0 Å². The van der Waals surface area contributed by atoms with E-state index in [0.717, 1.165) is 6.42 Å². The number of hydrogen-bond donors (Lipinski definition) is 0. The summed E-state index contributed by atoms with van der Waals surface area (Å²) in [6.07, 6.45) is 5.78. The van der Waals surface area contributed by atoms with Gasteiger partial charge < -0.3 is 4.12 Å². The molecule has 1 nitrogen and oxygen atoms in total. The Morgan fingerprint density at radius 3 is 2.38 bits per heavy atom. The lowest BCUT2D eigenvalue weighted by Gasteiger charge is -2.22. The third-order valence-corrected chi connectivity index (χ3v) is 7.48. The fraction of sp³-hybridized carbons (Fsp3) is 0.800. The Balaban J connectivity index is 3.40. The topological polar surface area (TPSA) is 9.23 Å². The Morgan fingerprint density at radius 1 is 1.31 bits per heavy atom. The van der Waals surface area contributed by atoms with Crippen molar-refractivity contribution in [1.82, 2.24) is 0 Å². The summed E-state index contributed by atoms with van der Waals surface area (Å²) in [6, 6.07) is 1.33. The van der Waals surface area contributed by atoms with Gasteiger partial charge in [0, 0.05) is 0 Å². The first-order chi connectivity index (χ1) is 5.95. The van der Waals surface area contributed by atoms with Crippen molar-refractivity contribution in [3.63, 3.8) is 0 Å². The van der Waals surface area contributed by atoms with E-state index in [1.54, 1.807) is 0 Å². The lowest BCUT2D eigenvalue weighted by Crippen LogP contribution is -2.32. The van der Waals surface area contributed by atoms with Crippen LogP contribution in [0.2, 0.25) is 32.2 Å². The molecule has 0 fully saturated rings. The smallest absolute Gasteiger partial charge is 0.170 e. The molecule has 0 radical (unpaired) electrons. The monoisotopic (exact) mass is 216 g/mol. The zero-order chi connectivity index (χ0) is 10.3. The molecule has 0 spiro atoms. The molecule has 0 N–H and O–H groups in total. The van der Waals surface area contributed by atoms with E-state index in [1.165, 1.54) is 18.9 Å². The molecule has 0 aromatic heterocycles. The zero-order valence-electron chi connectivity index (χ0n) is 9.60. The Morgan fingerprint density at radius 2 is 1.92 bits per heavy atom. The first-order valence-corrected chi connectivity index (χ1v) is 11.1. The summed E-state index contributed by atoms with van der Waals surface area (Å²) < 4.78 is 6.07. The van der Waals surface area contributed by atoms with E-state index in [1.807, 2.05) is 6.08 Å². The molecule has 78 valence electrons. The molecule has 0 aliphatic rings. The van der Waals surface area contributed by atoms with Gasteiger partial charge in [-0.05, 0) is 38.7 Å². The molecule has 0 heterocycles. The van der Waals surface area contributed by atoms with Gasteiger partial charge in [-0.15, -0.1) is 6.58 Å². The molecule has 0 aromatic rings. The van der Waals surface area contributed by atoms with Crippen LogP contribution in [-0.2, 0) is 4.12 Å². The van der Waals surface area contributed by atoms with Gasteiger partial charge in [-0.3, -0.25) is 0 Å². The van der Waals surface area contributed by atoms with Crippen LogP contribution >= 0.6 is 0 Å². The van der Waals surface area contributed by atoms with Crippen LogP contribution in [0.4, 0.5) is 0 Å². The van der Waals surface area contributed by atoms with Crippen molar-refractivity contribution in [2.75, 3.05) is 0 Å². The van der Waals surface area contributed by atoms with Crippen LogP contribution < -0.4 is 0 Å². The Hall–Kier alpha value is 0.134. The number of rotatable bonds is 7. The van der Waals surface area contributed by atoms with Crippen LogP contribution in [0.5, 0.6) is 0 Å². The average Bonchev–Trinajstić information content (AvgIpc) is 1.94. The molecule has 0 aliphatic heterocycles. The van der Waals surface area contributed by atoms with Crippen LogP contribution in [0.1, 0.15) is 19.3 Å². The molecule has 0 saturated carbocycles. The molecule has 0 aliphatic carbocycles.